The van der Waals surface area contributed by atoms with Crippen LogP contribution in [0.15, 0.2) is 34.7 Å². The molecule has 2 atom stereocenters. The molecule has 3 rings (SSSR count). The molecule has 1 aromatic heterocycles. The summed E-state index contributed by atoms with van der Waals surface area (Å²) in [5.41, 5.74) is 1.24. The number of benzene rings is 1. The van der Waals surface area contributed by atoms with Crippen molar-refractivity contribution in [2.75, 3.05) is 18.6 Å². The van der Waals surface area contributed by atoms with Gasteiger partial charge >= 0.3 is 0 Å². The minimum Gasteiger partial charge on any atom is -0.413 e. The van der Waals surface area contributed by atoms with Crippen molar-refractivity contribution < 1.29 is 17.7 Å². The van der Waals surface area contributed by atoms with Gasteiger partial charge in [-0.05, 0) is 18.6 Å². The van der Waals surface area contributed by atoms with Crippen molar-refractivity contribution in [1.82, 2.24) is 9.78 Å². The van der Waals surface area contributed by atoms with E-state index < -0.39 is 9.84 Å². The number of sulfone groups is 1. The van der Waals surface area contributed by atoms with Gasteiger partial charge in [0.05, 0.1) is 24.5 Å². The first kappa shape index (κ1) is 16.4. The highest BCUT2D eigenvalue weighted by atomic mass is 32.2. The highest BCUT2D eigenvalue weighted by molar-refractivity contribution is 7.91. The normalized spacial score (nSPS) is 21.3. The van der Waals surface area contributed by atoms with Crippen molar-refractivity contribution in [3.8, 4) is 0 Å². The molecule has 1 unspecified atom stereocenters. The number of aromatic nitrogens is 2. The van der Waals surface area contributed by atoms with E-state index in [2.05, 4.69) is 24.3 Å². The highest BCUT2D eigenvalue weighted by Gasteiger charge is 2.32. The largest absolute Gasteiger partial charge is 0.413 e. The maximum atomic E-state index is 11.6. The van der Waals surface area contributed by atoms with Crippen LogP contribution in [0.4, 0.5) is 0 Å². The molecular weight excluding hydrogens is 334 g/mol. The summed E-state index contributed by atoms with van der Waals surface area (Å²) in [7, 11) is -0.901. The Labute approximate surface area is 140 Å². The molecule has 1 aliphatic heterocycles. The number of nitrogens with zero attached hydrogens (tertiary/aromatic N) is 2. The summed E-state index contributed by atoms with van der Waals surface area (Å²) >= 11 is 5.22. The molecule has 0 radical (unpaired) electrons. The summed E-state index contributed by atoms with van der Waals surface area (Å²) in [6.07, 6.45) is 0.560. The van der Waals surface area contributed by atoms with Crippen LogP contribution in [0.25, 0.3) is 0 Å². The smallest absolute Gasteiger partial charge is 0.291 e. The summed E-state index contributed by atoms with van der Waals surface area (Å²) < 4.78 is 30.3. The van der Waals surface area contributed by atoms with Crippen LogP contribution in [-0.4, -0.2) is 36.8 Å². The van der Waals surface area contributed by atoms with Gasteiger partial charge in [-0.3, -0.25) is 0 Å². The zero-order chi connectivity index (χ0) is 16.4. The van der Waals surface area contributed by atoms with Crippen molar-refractivity contribution in [2.24, 2.45) is 0 Å². The fourth-order valence-electron chi connectivity index (χ4n) is 2.83. The van der Waals surface area contributed by atoms with Gasteiger partial charge in [-0.1, -0.05) is 30.3 Å². The first-order valence-corrected chi connectivity index (χ1v) is 9.79. The zero-order valence-electron chi connectivity index (χ0n) is 12.9. The van der Waals surface area contributed by atoms with Gasteiger partial charge in [0.2, 0.25) is 5.89 Å². The molecule has 23 heavy (non-hydrogen) atoms. The van der Waals surface area contributed by atoms with E-state index in [-0.39, 0.29) is 17.4 Å². The maximum absolute atomic E-state index is 11.6. The lowest BCUT2D eigenvalue weighted by atomic mass is 10.1. The quantitative estimate of drug-likeness (QED) is 0.804. The van der Waals surface area contributed by atoms with Crippen LogP contribution in [0.1, 0.15) is 23.8 Å². The molecule has 0 spiro atoms. The maximum Gasteiger partial charge on any atom is 0.291 e. The molecule has 0 amide bonds. The van der Waals surface area contributed by atoms with E-state index in [1.54, 1.807) is 4.68 Å². The molecule has 0 aliphatic carbocycles. The molecule has 6 nitrogen and oxygen atoms in total. The van der Waals surface area contributed by atoms with Crippen LogP contribution in [0.2, 0.25) is 0 Å². The van der Waals surface area contributed by atoms with Crippen LogP contribution < -0.4 is 4.90 Å². The number of nitrogens with one attached hydrogen (secondary N) is 1. The van der Waals surface area contributed by atoms with E-state index in [0.29, 0.717) is 23.8 Å². The summed E-state index contributed by atoms with van der Waals surface area (Å²) in [6, 6.07) is 10.2. The van der Waals surface area contributed by atoms with Gasteiger partial charge in [0.1, 0.15) is 6.54 Å². The third kappa shape index (κ3) is 4.07. The fourth-order valence-corrected chi connectivity index (χ4v) is 4.76. The number of hydrogen-bond donors (Lipinski definition) is 1. The van der Waals surface area contributed by atoms with Crippen LogP contribution in [0, 0.1) is 4.84 Å². The summed E-state index contributed by atoms with van der Waals surface area (Å²) in [5.74, 6) is 0.585. The van der Waals surface area contributed by atoms with Crippen LogP contribution >= 0.6 is 12.2 Å². The van der Waals surface area contributed by atoms with Gasteiger partial charge in [0, 0.05) is 5.56 Å². The number of hydrogen-bond acceptors (Lipinski definition) is 5. The standard InChI is InChI=1S/C15H19N3O3S2/c1-17(9-12-5-3-2-4-6-12)11-18-15(22)21-14(16-18)13-7-8-23(19,20)10-13/h2-6,13H,7-11H2,1H3/p+1/t13-/m1/s1. The third-order valence-electron chi connectivity index (χ3n) is 3.97. The van der Waals surface area contributed by atoms with Crippen molar-refractivity contribution in [3.63, 3.8) is 0 Å². The zero-order valence-corrected chi connectivity index (χ0v) is 14.6. The Hall–Kier alpha value is -1.51. The van der Waals surface area contributed by atoms with Crippen molar-refractivity contribution in [2.45, 2.75) is 25.6 Å². The van der Waals surface area contributed by atoms with E-state index in [9.17, 15) is 8.42 Å². The van der Waals surface area contributed by atoms with Crippen molar-refractivity contribution >= 4 is 22.1 Å². The monoisotopic (exact) mass is 354 g/mol. The second kappa shape index (κ2) is 6.54. The van der Waals surface area contributed by atoms with Gasteiger partial charge in [-0.2, -0.15) is 4.68 Å². The molecule has 1 saturated heterocycles. The molecule has 124 valence electrons. The minimum atomic E-state index is -2.96. The lowest BCUT2D eigenvalue weighted by Crippen LogP contribution is -3.07. The first-order valence-electron chi connectivity index (χ1n) is 7.56. The van der Waals surface area contributed by atoms with Crippen LogP contribution in [-0.2, 0) is 23.1 Å². The summed E-state index contributed by atoms with van der Waals surface area (Å²) in [5, 5.41) is 4.40. The average molecular weight is 354 g/mol. The second-order valence-electron chi connectivity index (χ2n) is 6.08. The lowest BCUT2D eigenvalue weighted by molar-refractivity contribution is -0.917. The first-order chi connectivity index (χ1) is 10.9. The van der Waals surface area contributed by atoms with Crippen molar-refractivity contribution in [1.29, 1.82) is 0 Å². The number of rotatable bonds is 5. The Bertz CT molecular complexity index is 827. The number of quaternary nitrogens is 1. The Morgan fingerprint density at radius 1 is 1.39 bits per heavy atom. The molecule has 2 aromatic rings. The Morgan fingerprint density at radius 2 is 2.13 bits per heavy atom. The molecular formula is C15H20N3O3S2+. The minimum absolute atomic E-state index is 0.106. The SMILES string of the molecule is C[NH+](Cc1ccccc1)Cn1nc([C@@H]2CCS(=O)(=O)C2)oc1=S. The van der Waals surface area contributed by atoms with E-state index in [1.165, 1.54) is 10.5 Å². The van der Waals surface area contributed by atoms with Gasteiger partial charge in [-0.25, -0.2) is 8.42 Å². The van der Waals surface area contributed by atoms with Gasteiger partial charge in [0.25, 0.3) is 4.84 Å². The van der Waals surface area contributed by atoms with Gasteiger partial charge < -0.3 is 9.32 Å². The molecule has 2 heterocycles. The lowest BCUT2D eigenvalue weighted by Gasteiger charge is -2.13. The average Bonchev–Trinajstić information content (AvgIpc) is 3.03. The van der Waals surface area contributed by atoms with E-state index in [1.807, 2.05) is 18.2 Å². The molecule has 0 bridgehead atoms. The summed E-state index contributed by atoms with van der Waals surface area (Å²) in [4.78, 5) is 1.52. The summed E-state index contributed by atoms with van der Waals surface area (Å²) in [6.45, 7) is 1.43. The molecule has 0 saturated carbocycles. The van der Waals surface area contributed by atoms with E-state index >= 15 is 0 Å². The predicted octanol–water partition coefficient (Wildman–Crippen LogP) is 0.780. The molecule has 1 aromatic carbocycles. The van der Waals surface area contributed by atoms with Gasteiger partial charge in [-0.15, -0.1) is 5.10 Å². The second-order valence-corrected chi connectivity index (χ2v) is 8.66. The Kier molecular flexibility index (Phi) is 4.65. The predicted molar refractivity (Wildman–Crippen MR) is 88.4 cm³/mol. The third-order valence-corrected chi connectivity index (χ3v) is 6.03. The van der Waals surface area contributed by atoms with Crippen molar-refractivity contribution in [3.05, 3.63) is 46.6 Å². The molecule has 1 N–H and O–H groups in total. The fraction of sp³-hybridized carbons (Fsp3) is 0.467. The Morgan fingerprint density at radius 3 is 2.78 bits per heavy atom. The van der Waals surface area contributed by atoms with E-state index in [4.69, 9.17) is 16.6 Å². The van der Waals surface area contributed by atoms with Gasteiger partial charge in [0.15, 0.2) is 16.5 Å². The van der Waals surface area contributed by atoms with Crippen LogP contribution in [0.3, 0.4) is 0 Å². The highest BCUT2D eigenvalue weighted by Crippen LogP contribution is 2.27. The molecule has 1 fully saturated rings. The van der Waals surface area contributed by atoms with E-state index in [0.717, 1.165) is 6.54 Å². The molecule has 1 aliphatic rings. The topological polar surface area (TPSA) is 69.5 Å². The Balaban J connectivity index is 1.68. The van der Waals surface area contributed by atoms with Crippen LogP contribution in [0.5, 0.6) is 0 Å². The molecule has 8 heteroatoms.